The van der Waals surface area contributed by atoms with E-state index in [0.29, 0.717) is 0 Å². The quantitative estimate of drug-likeness (QED) is 0.488. The minimum Gasteiger partial charge on any atom is -0.125 e. The van der Waals surface area contributed by atoms with Crippen LogP contribution in [0.25, 0.3) is 0 Å². The lowest BCUT2D eigenvalue weighted by Crippen LogP contribution is -0.660. The van der Waals surface area contributed by atoms with Crippen molar-refractivity contribution in [1.29, 1.82) is 0 Å². The van der Waals surface area contributed by atoms with Crippen molar-refractivity contribution in [2.24, 2.45) is 0 Å². The van der Waals surface area contributed by atoms with Crippen LogP contribution >= 0.6 is 27.5 Å². The predicted molar refractivity (Wildman–Crippen MR) is 25.5 cm³/mol. The van der Waals surface area contributed by atoms with Crippen molar-refractivity contribution in [2.45, 2.75) is 0 Å². The Hall–Kier alpha value is 0.770. The lowest BCUT2D eigenvalue weighted by molar-refractivity contribution is 2.90. The molecular formula is C2H4BrCl. The largest absolute Gasteiger partial charge is 0.125 e. The summed E-state index contributed by atoms with van der Waals surface area (Å²) in [7, 11) is 0. The van der Waals surface area contributed by atoms with Gasteiger partial charge < -0.3 is 0 Å². The van der Waals surface area contributed by atoms with E-state index in [-0.39, 0.29) is 0 Å². The van der Waals surface area contributed by atoms with Crippen molar-refractivity contribution in [2.75, 3.05) is 0 Å². The SMILES string of the molecule is [CH2]Br.[CH2]Cl. The van der Waals surface area contributed by atoms with E-state index in [1.807, 2.05) is 0 Å². The van der Waals surface area contributed by atoms with Gasteiger partial charge in [-0.3, -0.25) is 0 Å². The van der Waals surface area contributed by atoms with Crippen molar-refractivity contribution in [3.8, 4) is 0 Å². The van der Waals surface area contributed by atoms with Crippen molar-refractivity contribution in [3.05, 3.63) is 12.2 Å². The second-order valence-corrected chi connectivity index (χ2v) is 0. The second-order valence-electron chi connectivity index (χ2n) is 0. The Morgan fingerprint density at radius 2 is 1.25 bits per heavy atom. The molecule has 26 valence electrons. The molecule has 0 atom stereocenters. The summed E-state index contributed by atoms with van der Waals surface area (Å²) in [5.41, 5.74) is 0. The molecule has 0 aromatic heterocycles. The summed E-state index contributed by atoms with van der Waals surface area (Å²) in [6, 6.07) is 0. The number of rotatable bonds is 0. The monoisotopic (exact) mass is 142 g/mol. The maximum Gasteiger partial charge on any atom is 0.0359 e. The molecule has 0 aliphatic carbocycles. The molecule has 0 saturated carbocycles. The van der Waals surface area contributed by atoms with Gasteiger partial charge >= 0.3 is 0 Å². The molecule has 0 aromatic carbocycles. The van der Waals surface area contributed by atoms with Crippen LogP contribution in [0.1, 0.15) is 0 Å². The van der Waals surface area contributed by atoms with Crippen LogP contribution in [0.4, 0.5) is 0 Å². The van der Waals surface area contributed by atoms with Gasteiger partial charge in [0.1, 0.15) is 0 Å². The highest BCUT2D eigenvalue weighted by Gasteiger charge is 0.963. The maximum absolute atomic E-state index is 4.39. The Labute approximate surface area is 40.3 Å². The predicted octanol–water partition coefficient (Wildman–Crippen LogP) is 2.19. The van der Waals surface area contributed by atoms with Crippen LogP contribution in [0.2, 0.25) is 0 Å². The molecule has 0 saturated heterocycles. The van der Waals surface area contributed by atoms with Gasteiger partial charge in [-0.15, -0.1) is 11.6 Å². The van der Waals surface area contributed by atoms with E-state index in [1.165, 1.54) is 0 Å². The normalized spacial score (nSPS) is 3.00. The lowest BCUT2D eigenvalue weighted by atomic mass is 12.0. The average Bonchev–Trinajstić information content (AvgIpc) is 1.50. The topological polar surface area (TPSA) is 0 Å². The van der Waals surface area contributed by atoms with Crippen LogP contribution in [0.5, 0.6) is 0 Å². The van der Waals surface area contributed by atoms with Crippen LogP contribution < -0.4 is 0 Å². The third-order valence-corrected chi connectivity index (χ3v) is 0. The smallest absolute Gasteiger partial charge is 0.0359 e. The van der Waals surface area contributed by atoms with E-state index >= 15 is 0 Å². The first-order chi connectivity index (χ1) is 2.00. The fourth-order valence-electron chi connectivity index (χ4n) is 0. The number of halogens is 2. The zero-order chi connectivity index (χ0) is 4.00. The molecule has 0 aromatic rings. The van der Waals surface area contributed by atoms with Crippen LogP contribution in [-0.4, -0.2) is 0 Å². The van der Waals surface area contributed by atoms with Gasteiger partial charge in [-0.25, -0.2) is 0 Å². The zero-order valence-corrected chi connectivity index (χ0v) is 4.51. The second kappa shape index (κ2) is 48.8. The summed E-state index contributed by atoms with van der Waals surface area (Å²) >= 11 is 7.08. The Morgan fingerprint density at radius 1 is 1.25 bits per heavy atom. The Balaban J connectivity index is 0. The summed E-state index contributed by atoms with van der Waals surface area (Å²) in [5.74, 6) is 3.06. The zero-order valence-electron chi connectivity index (χ0n) is 2.17. The van der Waals surface area contributed by atoms with Gasteiger partial charge in [-0.2, -0.15) is 0 Å². The highest BCUT2D eigenvalue weighted by molar-refractivity contribution is 9.10. The Bertz CT molecular complexity index is 6.00. The van der Waals surface area contributed by atoms with Gasteiger partial charge in [0.2, 0.25) is 0 Å². The highest BCUT2D eigenvalue weighted by Crippen LogP contribution is 1.53. The Kier molecular flexibility index (Phi) is 108. The molecule has 2 radical (unpaired) electrons. The van der Waals surface area contributed by atoms with E-state index < -0.39 is 0 Å². The van der Waals surface area contributed by atoms with Gasteiger partial charge in [0.05, 0.1) is 0 Å². The fraction of sp³-hybridized carbons (Fsp3) is 0. The number of hydrogen-bond donors (Lipinski definition) is 0. The molecule has 0 unspecified atom stereocenters. The molecule has 0 fully saturated rings. The van der Waals surface area contributed by atoms with E-state index in [2.05, 4.69) is 39.7 Å². The average molecular weight is 143 g/mol. The molecule has 0 aliphatic heterocycles. The maximum atomic E-state index is 4.39. The standard InChI is InChI=1S/CH2Br.CH2Cl/c2*1-2/h2*1H2. The minimum absolute atomic E-state index is 2.69. The molecular weight excluding hydrogens is 139 g/mol. The van der Waals surface area contributed by atoms with Crippen LogP contribution in [0.3, 0.4) is 0 Å². The summed E-state index contributed by atoms with van der Waals surface area (Å²) in [4.78, 5) is 0. The molecule has 2 heteroatoms. The highest BCUT2D eigenvalue weighted by atomic mass is 79.9. The molecule has 0 spiro atoms. The first-order valence-corrected chi connectivity index (χ1v) is 2.19. The fourth-order valence-corrected chi connectivity index (χ4v) is 0. The van der Waals surface area contributed by atoms with Crippen LogP contribution in [-0.2, 0) is 0 Å². The third kappa shape index (κ3) is 14.6. The van der Waals surface area contributed by atoms with E-state index in [9.17, 15) is 0 Å². The van der Waals surface area contributed by atoms with E-state index in [0.717, 1.165) is 0 Å². The molecule has 0 amide bonds. The van der Waals surface area contributed by atoms with Gasteiger partial charge in [0, 0.05) is 12.2 Å². The van der Waals surface area contributed by atoms with Gasteiger partial charge in [-0.1, -0.05) is 15.9 Å². The van der Waals surface area contributed by atoms with Crippen LogP contribution in [0.15, 0.2) is 0 Å². The van der Waals surface area contributed by atoms with E-state index in [4.69, 9.17) is 0 Å². The summed E-state index contributed by atoms with van der Waals surface area (Å²) in [6.07, 6.45) is 2.72. The summed E-state index contributed by atoms with van der Waals surface area (Å²) in [6.45, 7) is 0. The molecule has 0 aliphatic rings. The van der Waals surface area contributed by atoms with Crippen molar-refractivity contribution >= 4 is 27.5 Å². The molecule has 0 nitrogen and oxygen atoms in total. The third-order valence-electron chi connectivity index (χ3n) is 0. The van der Waals surface area contributed by atoms with Crippen molar-refractivity contribution < 1.29 is 0 Å². The summed E-state index contributed by atoms with van der Waals surface area (Å²) < 4.78 is 0. The van der Waals surface area contributed by atoms with Crippen molar-refractivity contribution in [1.82, 2.24) is 0 Å². The summed E-state index contributed by atoms with van der Waals surface area (Å²) in [5, 5.41) is 0. The lowest BCUT2D eigenvalue weighted by Gasteiger charge is -1.05. The van der Waals surface area contributed by atoms with Gasteiger partial charge in [0.15, 0.2) is 0 Å². The molecule has 0 rings (SSSR count). The molecule has 4 heavy (non-hydrogen) atoms. The first-order valence-electron chi connectivity index (χ1n) is 0.535. The van der Waals surface area contributed by atoms with E-state index in [1.54, 1.807) is 0 Å². The number of hydrogen-bond acceptors (Lipinski definition) is 0. The molecule has 0 bridgehead atoms. The Morgan fingerprint density at radius 3 is 1.25 bits per heavy atom. The van der Waals surface area contributed by atoms with Gasteiger partial charge in [-0.05, 0) is 0 Å². The van der Waals surface area contributed by atoms with Crippen molar-refractivity contribution in [3.63, 3.8) is 0 Å². The van der Waals surface area contributed by atoms with Crippen LogP contribution in [0, 0.1) is 12.2 Å². The van der Waals surface area contributed by atoms with Gasteiger partial charge in [0.25, 0.3) is 0 Å². The first kappa shape index (κ1) is 8.84. The minimum atomic E-state index is 2.69. The molecule has 0 N–H and O–H groups in total. The molecule has 0 heterocycles.